The van der Waals surface area contributed by atoms with E-state index in [2.05, 4.69) is 10.4 Å². The van der Waals surface area contributed by atoms with Crippen molar-refractivity contribution < 1.29 is 14.3 Å². The van der Waals surface area contributed by atoms with E-state index < -0.39 is 0 Å². The van der Waals surface area contributed by atoms with Crippen LogP contribution in [0.15, 0.2) is 48.5 Å². The number of aryl methyl sites for hydroxylation is 3. The Labute approximate surface area is 169 Å². The molecular weight excluding hydrogens is 378 g/mol. The van der Waals surface area contributed by atoms with Gasteiger partial charge in [0.1, 0.15) is 11.5 Å². The fourth-order valence-corrected chi connectivity index (χ4v) is 2.95. The van der Waals surface area contributed by atoms with Gasteiger partial charge in [-0.25, -0.2) is 0 Å². The Kier molecular flexibility index (Phi) is 6.21. The van der Waals surface area contributed by atoms with Crippen LogP contribution >= 0.6 is 11.6 Å². The average molecular weight is 400 g/mol. The second kappa shape index (κ2) is 8.80. The fourth-order valence-electron chi connectivity index (χ4n) is 2.78. The van der Waals surface area contributed by atoms with Crippen molar-refractivity contribution in [2.75, 3.05) is 12.4 Å². The second-order valence-electron chi connectivity index (χ2n) is 6.37. The Morgan fingerprint density at radius 3 is 2.46 bits per heavy atom. The summed E-state index contributed by atoms with van der Waals surface area (Å²) >= 11 is 6.10. The van der Waals surface area contributed by atoms with E-state index >= 15 is 0 Å². The Morgan fingerprint density at radius 2 is 1.82 bits per heavy atom. The zero-order valence-corrected chi connectivity index (χ0v) is 16.8. The van der Waals surface area contributed by atoms with Crippen molar-refractivity contribution in [2.24, 2.45) is 0 Å². The van der Waals surface area contributed by atoms with Crippen LogP contribution in [-0.4, -0.2) is 22.8 Å². The molecule has 3 rings (SSSR count). The minimum atomic E-state index is -0.144. The quantitative estimate of drug-likeness (QED) is 0.608. The molecule has 0 spiro atoms. The Balaban J connectivity index is 1.69. The summed E-state index contributed by atoms with van der Waals surface area (Å²) < 4.78 is 12.9. The first-order valence-corrected chi connectivity index (χ1v) is 9.25. The number of benzene rings is 2. The lowest BCUT2D eigenvalue weighted by atomic mass is 10.2. The third-order valence-corrected chi connectivity index (χ3v) is 4.39. The zero-order chi connectivity index (χ0) is 20.1. The number of carbonyl (C=O) groups is 1. The lowest BCUT2D eigenvalue weighted by molar-refractivity contribution is -0.116. The number of hydrogen-bond acceptors (Lipinski definition) is 4. The first-order valence-electron chi connectivity index (χ1n) is 8.87. The number of amides is 1. The van der Waals surface area contributed by atoms with Crippen LogP contribution in [0.3, 0.4) is 0 Å². The molecule has 28 heavy (non-hydrogen) atoms. The van der Waals surface area contributed by atoms with Crippen LogP contribution in [0.4, 0.5) is 5.69 Å². The number of hydrogen-bond donors (Lipinski definition) is 1. The Bertz CT molecular complexity index is 968. The molecule has 1 amide bonds. The molecule has 0 bridgehead atoms. The molecule has 0 fully saturated rings. The third-order valence-electron chi connectivity index (χ3n) is 4.16. The van der Waals surface area contributed by atoms with Crippen molar-refractivity contribution in [3.8, 4) is 17.2 Å². The molecule has 0 radical (unpaired) electrons. The normalized spacial score (nSPS) is 10.6. The van der Waals surface area contributed by atoms with Crippen LogP contribution in [0.25, 0.3) is 0 Å². The van der Waals surface area contributed by atoms with Crippen molar-refractivity contribution in [1.29, 1.82) is 0 Å². The largest absolute Gasteiger partial charge is 0.497 e. The molecule has 7 heteroatoms. The standard InChI is InChI=1S/C21H22ClN3O3/c1-14-12-15(2)25(24-14)11-10-21(26)23-19-13-16(22)4-9-20(19)28-18-7-5-17(27-3)6-8-18/h4-9,12-13H,10-11H2,1-3H3,(H,23,26). The number of aromatic nitrogens is 2. The van der Waals surface area contributed by atoms with Gasteiger partial charge in [-0.15, -0.1) is 0 Å². The number of halogens is 1. The van der Waals surface area contributed by atoms with Gasteiger partial charge in [0.05, 0.1) is 18.5 Å². The zero-order valence-electron chi connectivity index (χ0n) is 16.0. The molecule has 3 aromatic rings. The van der Waals surface area contributed by atoms with E-state index in [1.54, 1.807) is 49.6 Å². The Morgan fingerprint density at radius 1 is 1.11 bits per heavy atom. The summed E-state index contributed by atoms with van der Waals surface area (Å²) in [5.41, 5.74) is 2.47. The van der Waals surface area contributed by atoms with Crippen molar-refractivity contribution in [3.05, 3.63) is 64.9 Å². The SMILES string of the molecule is COc1ccc(Oc2ccc(Cl)cc2NC(=O)CCn2nc(C)cc2C)cc1. The number of ether oxygens (including phenoxy) is 2. The van der Waals surface area contributed by atoms with Gasteiger partial charge >= 0.3 is 0 Å². The maximum Gasteiger partial charge on any atom is 0.226 e. The van der Waals surface area contributed by atoms with Gasteiger partial charge in [0.15, 0.2) is 5.75 Å². The lowest BCUT2D eigenvalue weighted by Crippen LogP contribution is -2.16. The lowest BCUT2D eigenvalue weighted by Gasteiger charge is -2.13. The van der Waals surface area contributed by atoms with Crippen molar-refractivity contribution in [2.45, 2.75) is 26.8 Å². The molecule has 146 valence electrons. The molecule has 0 atom stereocenters. The predicted octanol–water partition coefficient (Wildman–Crippen LogP) is 4.98. The fraction of sp³-hybridized carbons (Fsp3) is 0.238. The van der Waals surface area contributed by atoms with Crippen LogP contribution in [0, 0.1) is 13.8 Å². The summed E-state index contributed by atoms with van der Waals surface area (Å²) in [6.45, 7) is 4.40. The van der Waals surface area contributed by atoms with E-state index in [1.165, 1.54) is 0 Å². The summed E-state index contributed by atoms with van der Waals surface area (Å²) in [6, 6.07) is 14.3. The van der Waals surface area contributed by atoms with Crippen molar-refractivity contribution in [1.82, 2.24) is 9.78 Å². The van der Waals surface area contributed by atoms with Crippen molar-refractivity contribution >= 4 is 23.2 Å². The van der Waals surface area contributed by atoms with E-state index in [-0.39, 0.29) is 12.3 Å². The molecule has 1 aromatic heterocycles. The summed E-state index contributed by atoms with van der Waals surface area (Å²) in [7, 11) is 1.61. The number of nitrogens with zero attached hydrogens (tertiary/aromatic N) is 2. The highest BCUT2D eigenvalue weighted by atomic mass is 35.5. The molecule has 0 saturated heterocycles. The molecule has 0 aliphatic carbocycles. The third kappa shape index (κ3) is 5.04. The van der Waals surface area contributed by atoms with Gasteiger partial charge in [0.25, 0.3) is 0 Å². The number of methoxy groups -OCH3 is 1. The topological polar surface area (TPSA) is 65.4 Å². The first kappa shape index (κ1) is 19.8. The average Bonchev–Trinajstić information content (AvgIpc) is 3.00. The predicted molar refractivity (Wildman–Crippen MR) is 109 cm³/mol. The van der Waals surface area contributed by atoms with Gasteiger partial charge in [-0.05, 0) is 62.4 Å². The summed E-state index contributed by atoms with van der Waals surface area (Å²) in [5.74, 6) is 1.73. The monoisotopic (exact) mass is 399 g/mol. The minimum absolute atomic E-state index is 0.144. The molecule has 1 N–H and O–H groups in total. The van der Waals surface area contributed by atoms with Gasteiger partial charge in [0, 0.05) is 23.7 Å². The maximum atomic E-state index is 12.4. The number of carbonyl (C=O) groups excluding carboxylic acids is 1. The van der Waals surface area contributed by atoms with Gasteiger partial charge in [-0.1, -0.05) is 11.6 Å². The summed E-state index contributed by atoms with van der Waals surface area (Å²) in [5, 5.41) is 7.76. The first-order chi connectivity index (χ1) is 13.4. The highest BCUT2D eigenvalue weighted by Crippen LogP contribution is 2.32. The minimum Gasteiger partial charge on any atom is -0.497 e. The second-order valence-corrected chi connectivity index (χ2v) is 6.80. The summed E-state index contributed by atoms with van der Waals surface area (Å²) in [6.07, 6.45) is 0.288. The van der Waals surface area contributed by atoms with Crippen LogP contribution < -0.4 is 14.8 Å². The van der Waals surface area contributed by atoms with Gasteiger partial charge in [-0.3, -0.25) is 9.48 Å². The molecular formula is C21H22ClN3O3. The van der Waals surface area contributed by atoms with Gasteiger partial charge < -0.3 is 14.8 Å². The number of rotatable bonds is 7. The van der Waals surface area contributed by atoms with E-state index in [9.17, 15) is 4.79 Å². The van der Waals surface area contributed by atoms with E-state index in [1.807, 2.05) is 24.6 Å². The van der Waals surface area contributed by atoms with Gasteiger partial charge in [0.2, 0.25) is 5.91 Å². The van der Waals surface area contributed by atoms with E-state index in [0.29, 0.717) is 28.8 Å². The Hall–Kier alpha value is -2.99. The van der Waals surface area contributed by atoms with E-state index in [4.69, 9.17) is 21.1 Å². The molecule has 0 aliphatic heterocycles. The molecule has 0 aliphatic rings. The smallest absolute Gasteiger partial charge is 0.226 e. The highest BCUT2D eigenvalue weighted by Gasteiger charge is 2.11. The van der Waals surface area contributed by atoms with E-state index in [0.717, 1.165) is 17.1 Å². The number of anilines is 1. The molecule has 0 saturated carbocycles. The summed E-state index contributed by atoms with van der Waals surface area (Å²) in [4.78, 5) is 12.4. The number of nitrogens with one attached hydrogen (secondary N) is 1. The molecule has 6 nitrogen and oxygen atoms in total. The van der Waals surface area contributed by atoms with Gasteiger partial charge in [-0.2, -0.15) is 5.10 Å². The maximum absolute atomic E-state index is 12.4. The van der Waals surface area contributed by atoms with Crippen LogP contribution in [0.5, 0.6) is 17.2 Å². The molecule has 0 unspecified atom stereocenters. The van der Waals surface area contributed by atoms with Crippen LogP contribution in [0.1, 0.15) is 17.8 Å². The van der Waals surface area contributed by atoms with Crippen LogP contribution in [-0.2, 0) is 11.3 Å². The molecule has 1 heterocycles. The van der Waals surface area contributed by atoms with Crippen molar-refractivity contribution in [3.63, 3.8) is 0 Å². The highest BCUT2D eigenvalue weighted by molar-refractivity contribution is 6.31. The molecule has 2 aromatic carbocycles. The van der Waals surface area contributed by atoms with Crippen LogP contribution in [0.2, 0.25) is 5.02 Å².